The van der Waals surface area contributed by atoms with Crippen LogP contribution in [0.3, 0.4) is 0 Å². The van der Waals surface area contributed by atoms with Crippen molar-refractivity contribution in [3.05, 3.63) is 23.8 Å². The van der Waals surface area contributed by atoms with Gasteiger partial charge in [0.25, 0.3) is 0 Å². The lowest BCUT2D eigenvalue weighted by atomic mass is 10.2. The van der Waals surface area contributed by atoms with Crippen LogP contribution >= 0.6 is 11.6 Å². The van der Waals surface area contributed by atoms with Gasteiger partial charge >= 0.3 is 0 Å². The summed E-state index contributed by atoms with van der Waals surface area (Å²) in [5.41, 5.74) is 0.490. The summed E-state index contributed by atoms with van der Waals surface area (Å²) in [5.74, 6) is 1.75. The van der Waals surface area contributed by atoms with Crippen molar-refractivity contribution in [3.8, 4) is 11.5 Å². The second-order valence-corrected chi connectivity index (χ2v) is 3.29. The summed E-state index contributed by atoms with van der Waals surface area (Å²) in [6, 6.07) is 5.11. The zero-order valence-electron chi connectivity index (χ0n) is 8.53. The summed E-state index contributed by atoms with van der Waals surface area (Å²) in [6.07, 6.45) is 1.50. The number of halogens is 1. The highest BCUT2D eigenvalue weighted by molar-refractivity contribution is 6.17. The van der Waals surface area contributed by atoms with E-state index < -0.39 is 0 Å². The molecule has 0 aliphatic carbocycles. The lowest BCUT2D eigenvalue weighted by Crippen LogP contribution is -2.00. The van der Waals surface area contributed by atoms with E-state index in [1.54, 1.807) is 25.3 Å². The van der Waals surface area contributed by atoms with E-state index in [-0.39, 0.29) is 0 Å². The van der Waals surface area contributed by atoms with Crippen LogP contribution in [0.15, 0.2) is 18.2 Å². The topological polar surface area (TPSA) is 35.5 Å². The quantitative estimate of drug-likeness (QED) is 0.426. The number of rotatable bonds is 6. The Morgan fingerprint density at radius 3 is 2.87 bits per heavy atom. The SMILES string of the molecule is COc1ccc(OCCCCl)c(C=O)c1. The molecule has 0 bridgehead atoms. The predicted octanol–water partition coefficient (Wildman–Crippen LogP) is 2.52. The maximum atomic E-state index is 10.8. The van der Waals surface area contributed by atoms with Crippen LogP contribution in [0.2, 0.25) is 0 Å². The molecule has 0 spiro atoms. The van der Waals surface area contributed by atoms with E-state index in [0.29, 0.717) is 29.5 Å². The molecule has 1 aromatic rings. The van der Waals surface area contributed by atoms with Gasteiger partial charge in [0.05, 0.1) is 19.3 Å². The van der Waals surface area contributed by atoms with Crippen molar-refractivity contribution in [2.75, 3.05) is 19.6 Å². The number of carbonyl (C=O) groups is 1. The van der Waals surface area contributed by atoms with Gasteiger partial charge in [-0.1, -0.05) is 0 Å². The molecule has 0 radical (unpaired) electrons. The van der Waals surface area contributed by atoms with E-state index >= 15 is 0 Å². The Hall–Kier alpha value is -1.22. The summed E-state index contributed by atoms with van der Waals surface area (Å²) < 4.78 is 10.4. The molecule has 0 aromatic heterocycles. The Morgan fingerprint density at radius 2 is 2.27 bits per heavy atom. The van der Waals surface area contributed by atoms with Crippen molar-refractivity contribution in [2.45, 2.75) is 6.42 Å². The highest BCUT2D eigenvalue weighted by Crippen LogP contribution is 2.22. The zero-order valence-corrected chi connectivity index (χ0v) is 9.29. The first-order chi connectivity index (χ1) is 7.31. The second-order valence-electron chi connectivity index (χ2n) is 2.91. The Morgan fingerprint density at radius 1 is 1.47 bits per heavy atom. The molecular formula is C11H13ClO3. The van der Waals surface area contributed by atoms with Gasteiger partial charge in [0.15, 0.2) is 6.29 Å². The summed E-state index contributed by atoms with van der Waals surface area (Å²) in [7, 11) is 1.55. The van der Waals surface area contributed by atoms with Crippen molar-refractivity contribution in [1.29, 1.82) is 0 Å². The maximum Gasteiger partial charge on any atom is 0.153 e. The van der Waals surface area contributed by atoms with Crippen molar-refractivity contribution in [1.82, 2.24) is 0 Å². The van der Waals surface area contributed by atoms with Crippen LogP contribution in [-0.2, 0) is 0 Å². The second kappa shape index (κ2) is 6.30. The van der Waals surface area contributed by atoms with Gasteiger partial charge in [-0.3, -0.25) is 4.79 Å². The average molecular weight is 229 g/mol. The number of aldehydes is 1. The lowest BCUT2D eigenvalue weighted by molar-refractivity contribution is 0.111. The minimum absolute atomic E-state index is 0.490. The van der Waals surface area contributed by atoms with Crippen LogP contribution in [0.25, 0.3) is 0 Å². The molecule has 82 valence electrons. The van der Waals surface area contributed by atoms with Gasteiger partial charge in [-0.05, 0) is 24.6 Å². The van der Waals surface area contributed by atoms with Gasteiger partial charge in [-0.15, -0.1) is 11.6 Å². The van der Waals surface area contributed by atoms with E-state index in [9.17, 15) is 4.79 Å². The third-order valence-electron chi connectivity index (χ3n) is 1.88. The summed E-state index contributed by atoms with van der Waals surface area (Å²) in [5, 5.41) is 0. The molecule has 0 heterocycles. The molecule has 3 nitrogen and oxygen atoms in total. The predicted molar refractivity (Wildman–Crippen MR) is 59.2 cm³/mol. The first-order valence-electron chi connectivity index (χ1n) is 4.63. The number of carbonyl (C=O) groups excluding carboxylic acids is 1. The summed E-state index contributed by atoms with van der Waals surface area (Å²) in [4.78, 5) is 10.8. The summed E-state index contributed by atoms with van der Waals surface area (Å²) >= 11 is 5.52. The van der Waals surface area contributed by atoms with E-state index in [2.05, 4.69) is 0 Å². The Labute approximate surface area is 93.9 Å². The summed E-state index contributed by atoms with van der Waals surface area (Å²) in [6.45, 7) is 0.511. The van der Waals surface area contributed by atoms with Crippen molar-refractivity contribution < 1.29 is 14.3 Å². The van der Waals surface area contributed by atoms with E-state index in [4.69, 9.17) is 21.1 Å². The van der Waals surface area contributed by atoms with Crippen LogP contribution < -0.4 is 9.47 Å². The fourth-order valence-electron chi connectivity index (χ4n) is 1.11. The molecule has 0 N–H and O–H groups in total. The molecule has 0 aliphatic heterocycles. The minimum atomic E-state index is 0.490. The highest BCUT2D eigenvalue weighted by Gasteiger charge is 2.04. The van der Waals surface area contributed by atoms with Crippen molar-refractivity contribution in [2.24, 2.45) is 0 Å². The van der Waals surface area contributed by atoms with Crippen LogP contribution in [0.1, 0.15) is 16.8 Å². The van der Waals surface area contributed by atoms with Gasteiger partial charge in [0.1, 0.15) is 11.5 Å². The van der Waals surface area contributed by atoms with Crippen LogP contribution in [0.4, 0.5) is 0 Å². The smallest absolute Gasteiger partial charge is 0.153 e. The molecule has 0 fully saturated rings. The zero-order chi connectivity index (χ0) is 11.1. The van der Waals surface area contributed by atoms with Gasteiger partial charge in [0, 0.05) is 5.88 Å². The van der Waals surface area contributed by atoms with Gasteiger partial charge < -0.3 is 9.47 Å². The Kier molecular flexibility index (Phi) is 4.98. The first kappa shape index (κ1) is 11.9. The minimum Gasteiger partial charge on any atom is -0.497 e. The molecule has 0 amide bonds. The molecule has 0 saturated carbocycles. The highest BCUT2D eigenvalue weighted by atomic mass is 35.5. The molecule has 1 aromatic carbocycles. The fourth-order valence-corrected chi connectivity index (χ4v) is 1.22. The third kappa shape index (κ3) is 3.44. The van der Waals surface area contributed by atoms with Crippen molar-refractivity contribution >= 4 is 17.9 Å². The first-order valence-corrected chi connectivity index (χ1v) is 5.17. The normalized spacial score (nSPS) is 9.73. The molecule has 0 saturated heterocycles. The van der Waals surface area contributed by atoms with Gasteiger partial charge in [-0.25, -0.2) is 0 Å². The Bertz CT molecular complexity index is 326. The van der Waals surface area contributed by atoms with E-state index in [0.717, 1.165) is 12.7 Å². The lowest BCUT2D eigenvalue weighted by Gasteiger charge is -2.08. The van der Waals surface area contributed by atoms with Crippen LogP contribution in [-0.4, -0.2) is 25.9 Å². The third-order valence-corrected chi connectivity index (χ3v) is 2.15. The maximum absolute atomic E-state index is 10.8. The van der Waals surface area contributed by atoms with Gasteiger partial charge in [0.2, 0.25) is 0 Å². The number of benzene rings is 1. The average Bonchev–Trinajstić information content (AvgIpc) is 2.29. The van der Waals surface area contributed by atoms with Crippen LogP contribution in [0, 0.1) is 0 Å². The molecule has 1 rings (SSSR count). The number of ether oxygens (including phenoxy) is 2. The monoisotopic (exact) mass is 228 g/mol. The number of hydrogen-bond donors (Lipinski definition) is 0. The van der Waals surface area contributed by atoms with Gasteiger partial charge in [-0.2, -0.15) is 0 Å². The van der Waals surface area contributed by atoms with Crippen LogP contribution in [0.5, 0.6) is 11.5 Å². The molecule has 0 unspecified atom stereocenters. The van der Waals surface area contributed by atoms with Crippen molar-refractivity contribution in [3.63, 3.8) is 0 Å². The largest absolute Gasteiger partial charge is 0.497 e. The van der Waals surface area contributed by atoms with E-state index in [1.165, 1.54) is 0 Å². The molecule has 4 heteroatoms. The molecule has 0 aliphatic rings. The number of methoxy groups -OCH3 is 1. The fraction of sp³-hybridized carbons (Fsp3) is 0.364. The Balaban J connectivity index is 2.73. The molecular weight excluding hydrogens is 216 g/mol. The molecule has 15 heavy (non-hydrogen) atoms. The van der Waals surface area contributed by atoms with E-state index in [1.807, 2.05) is 0 Å². The molecule has 0 atom stereocenters. The number of hydrogen-bond acceptors (Lipinski definition) is 3. The standard InChI is InChI=1S/C11H13ClO3/c1-14-10-3-4-11(9(7-10)8-13)15-6-2-5-12/h3-4,7-8H,2,5-6H2,1H3. The number of alkyl halides is 1.